The third-order valence-electron chi connectivity index (χ3n) is 2.88. The lowest BCUT2D eigenvalue weighted by molar-refractivity contribution is -0.673. The fraction of sp³-hybridized carbons (Fsp3) is 0.312. The molecule has 0 aliphatic rings. The van der Waals surface area contributed by atoms with Crippen LogP contribution in [0.3, 0.4) is 0 Å². The number of aromatic nitrogens is 1. The smallest absolute Gasteiger partial charge is 0.201 e. The molecule has 0 saturated carbocycles. The van der Waals surface area contributed by atoms with Crippen LogP contribution in [0.4, 0.5) is 0 Å². The van der Waals surface area contributed by atoms with Crippen molar-refractivity contribution < 1.29 is 4.57 Å². The molecule has 0 aromatic carbocycles. The molecule has 1 aromatic rings. The quantitative estimate of drug-likeness (QED) is 0.534. The van der Waals surface area contributed by atoms with Crippen LogP contribution in [0.15, 0.2) is 55.3 Å². The van der Waals surface area contributed by atoms with Crippen LogP contribution in [-0.4, -0.2) is 0 Å². The second kappa shape index (κ2) is 6.85. The zero-order chi connectivity index (χ0) is 12.7. The molecular formula is C16H22N+. The van der Waals surface area contributed by atoms with Crippen molar-refractivity contribution in [1.29, 1.82) is 0 Å². The normalized spacial score (nSPS) is 13.4. The molecule has 1 unspecified atom stereocenters. The van der Waals surface area contributed by atoms with Gasteiger partial charge in [0.05, 0.1) is 0 Å². The van der Waals surface area contributed by atoms with Crippen molar-refractivity contribution in [3.05, 3.63) is 61.0 Å². The zero-order valence-corrected chi connectivity index (χ0v) is 11.1. The maximum Gasteiger partial charge on any atom is 0.211 e. The fourth-order valence-corrected chi connectivity index (χ4v) is 1.50. The molecule has 0 spiro atoms. The van der Waals surface area contributed by atoms with Gasteiger partial charge in [-0.1, -0.05) is 45.1 Å². The summed E-state index contributed by atoms with van der Waals surface area (Å²) >= 11 is 0. The van der Waals surface area contributed by atoms with E-state index in [0.717, 1.165) is 11.3 Å². The van der Waals surface area contributed by atoms with Gasteiger partial charge in [-0.25, -0.2) is 4.57 Å². The van der Waals surface area contributed by atoms with Gasteiger partial charge in [-0.2, -0.15) is 0 Å². The van der Waals surface area contributed by atoms with Crippen LogP contribution in [0.2, 0.25) is 0 Å². The SMILES string of the molecule is C=C(C=CC=CC(C)CC)c1cccc[n+]1C. The molecule has 0 saturated heterocycles. The van der Waals surface area contributed by atoms with Gasteiger partial charge in [0.2, 0.25) is 5.69 Å². The number of pyridine rings is 1. The first-order chi connectivity index (χ1) is 8.15. The van der Waals surface area contributed by atoms with E-state index in [0.29, 0.717) is 5.92 Å². The van der Waals surface area contributed by atoms with Gasteiger partial charge >= 0.3 is 0 Å². The first-order valence-corrected chi connectivity index (χ1v) is 6.14. The van der Waals surface area contributed by atoms with Gasteiger partial charge in [-0.15, -0.1) is 0 Å². The fourth-order valence-electron chi connectivity index (χ4n) is 1.50. The van der Waals surface area contributed by atoms with E-state index in [1.807, 2.05) is 31.5 Å². The molecule has 90 valence electrons. The topological polar surface area (TPSA) is 3.88 Å². The molecular weight excluding hydrogens is 206 g/mol. The molecule has 0 radical (unpaired) electrons. The predicted octanol–water partition coefficient (Wildman–Crippen LogP) is 3.68. The molecule has 1 rings (SSSR count). The van der Waals surface area contributed by atoms with Crippen LogP contribution < -0.4 is 4.57 Å². The standard InChI is InChI=1S/C16H22N/c1-5-14(2)10-6-7-11-15(3)16-12-8-9-13-17(16)4/h6-14H,3,5H2,1-2,4H3/q+1. The van der Waals surface area contributed by atoms with Crippen LogP contribution in [0.25, 0.3) is 5.57 Å². The molecule has 1 aromatic heterocycles. The first kappa shape index (κ1) is 13.4. The zero-order valence-electron chi connectivity index (χ0n) is 11.1. The Morgan fingerprint density at radius 3 is 2.82 bits per heavy atom. The van der Waals surface area contributed by atoms with Gasteiger partial charge in [0.1, 0.15) is 7.05 Å². The molecule has 0 N–H and O–H groups in total. The summed E-state index contributed by atoms with van der Waals surface area (Å²) in [5.41, 5.74) is 2.17. The van der Waals surface area contributed by atoms with E-state index in [2.05, 4.69) is 49.3 Å². The minimum Gasteiger partial charge on any atom is -0.201 e. The lowest BCUT2D eigenvalue weighted by atomic mass is 10.1. The van der Waals surface area contributed by atoms with Crippen LogP contribution in [0, 0.1) is 5.92 Å². The minimum atomic E-state index is 0.640. The Morgan fingerprint density at radius 1 is 1.41 bits per heavy atom. The second-order valence-electron chi connectivity index (χ2n) is 4.35. The lowest BCUT2D eigenvalue weighted by Crippen LogP contribution is -2.31. The van der Waals surface area contributed by atoms with Crippen LogP contribution in [0.5, 0.6) is 0 Å². The number of aryl methyl sites for hydroxylation is 1. The van der Waals surface area contributed by atoms with E-state index in [4.69, 9.17) is 0 Å². The van der Waals surface area contributed by atoms with E-state index >= 15 is 0 Å². The number of hydrogen-bond acceptors (Lipinski definition) is 0. The lowest BCUT2D eigenvalue weighted by Gasteiger charge is -1.98. The van der Waals surface area contributed by atoms with Crippen molar-refractivity contribution in [2.75, 3.05) is 0 Å². The molecule has 0 fully saturated rings. The van der Waals surface area contributed by atoms with Crippen LogP contribution in [0.1, 0.15) is 26.0 Å². The number of allylic oxidation sites excluding steroid dienone is 5. The van der Waals surface area contributed by atoms with Crippen LogP contribution >= 0.6 is 0 Å². The maximum absolute atomic E-state index is 4.08. The monoisotopic (exact) mass is 228 g/mol. The molecule has 17 heavy (non-hydrogen) atoms. The summed E-state index contributed by atoms with van der Waals surface area (Å²) < 4.78 is 2.07. The van der Waals surface area contributed by atoms with E-state index in [1.165, 1.54) is 6.42 Å². The molecule has 1 heterocycles. The third-order valence-corrected chi connectivity index (χ3v) is 2.88. The van der Waals surface area contributed by atoms with Gasteiger partial charge in [-0.3, -0.25) is 0 Å². The summed E-state index contributed by atoms with van der Waals surface area (Å²) in [5.74, 6) is 0.640. The van der Waals surface area contributed by atoms with E-state index in [1.54, 1.807) is 0 Å². The summed E-state index contributed by atoms with van der Waals surface area (Å²) in [4.78, 5) is 0. The molecule has 0 bridgehead atoms. The first-order valence-electron chi connectivity index (χ1n) is 6.14. The summed E-state index contributed by atoms with van der Waals surface area (Å²) in [6.07, 6.45) is 11.6. The molecule has 0 amide bonds. The van der Waals surface area contributed by atoms with Gasteiger partial charge in [0.25, 0.3) is 0 Å². The summed E-state index contributed by atoms with van der Waals surface area (Å²) in [7, 11) is 2.03. The predicted molar refractivity (Wildman–Crippen MR) is 74.4 cm³/mol. The second-order valence-corrected chi connectivity index (χ2v) is 4.35. The third kappa shape index (κ3) is 4.39. The van der Waals surface area contributed by atoms with E-state index in [-0.39, 0.29) is 0 Å². The highest BCUT2D eigenvalue weighted by molar-refractivity contribution is 5.67. The molecule has 0 aliphatic carbocycles. The molecule has 1 atom stereocenters. The highest BCUT2D eigenvalue weighted by Crippen LogP contribution is 2.08. The Labute approximate surface area is 105 Å². The van der Waals surface area contributed by atoms with Gasteiger partial charge < -0.3 is 0 Å². The minimum absolute atomic E-state index is 0.640. The highest BCUT2D eigenvalue weighted by atomic mass is 14.9. The van der Waals surface area contributed by atoms with Crippen molar-refractivity contribution in [1.82, 2.24) is 0 Å². The van der Waals surface area contributed by atoms with Crippen molar-refractivity contribution in [3.8, 4) is 0 Å². The Balaban J connectivity index is 2.64. The summed E-state index contributed by atoms with van der Waals surface area (Å²) in [6.45, 7) is 8.50. The van der Waals surface area contributed by atoms with Gasteiger partial charge in [0, 0.05) is 17.7 Å². The summed E-state index contributed by atoms with van der Waals surface area (Å²) in [5, 5.41) is 0. The van der Waals surface area contributed by atoms with Crippen molar-refractivity contribution in [3.63, 3.8) is 0 Å². The van der Waals surface area contributed by atoms with E-state index in [9.17, 15) is 0 Å². The number of nitrogens with zero attached hydrogens (tertiary/aromatic N) is 1. The average molecular weight is 228 g/mol. The van der Waals surface area contributed by atoms with Crippen molar-refractivity contribution in [2.24, 2.45) is 13.0 Å². The molecule has 1 nitrogen and oxygen atoms in total. The molecule has 0 aliphatic heterocycles. The maximum atomic E-state index is 4.08. The Bertz CT molecular complexity index is 427. The van der Waals surface area contributed by atoms with Gasteiger partial charge in [0.15, 0.2) is 6.20 Å². The van der Waals surface area contributed by atoms with E-state index < -0.39 is 0 Å². The number of hydrogen-bond donors (Lipinski definition) is 0. The average Bonchev–Trinajstić information content (AvgIpc) is 2.34. The highest BCUT2D eigenvalue weighted by Gasteiger charge is 2.05. The Morgan fingerprint density at radius 2 is 2.18 bits per heavy atom. The van der Waals surface area contributed by atoms with Crippen molar-refractivity contribution >= 4 is 5.57 Å². The van der Waals surface area contributed by atoms with Crippen LogP contribution in [-0.2, 0) is 7.05 Å². The Kier molecular flexibility index (Phi) is 5.41. The van der Waals surface area contributed by atoms with Gasteiger partial charge in [-0.05, 0) is 18.1 Å². The van der Waals surface area contributed by atoms with Crippen molar-refractivity contribution in [2.45, 2.75) is 20.3 Å². The largest absolute Gasteiger partial charge is 0.211 e. The molecule has 1 heteroatoms. The summed E-state index contributed by atoms with van der Waals surface area (Å²) in [6, 6.07) is 6.12. The Hall–Kier alpha value is -1.63. The number of rotatable bonds is 5.